The Morgan fingerprint density at radius 1 is 1.04 bits per heavy atom. The molecule has 0 unspecified atom stereocenters. The third-order valence-electron chi connectivity index (χ3n) is 3.71. The predicted octanol–water partition coefficient (Wildman–Crippen LogP) is 4.87. The molecule has 0 aromatic heterocycles. The van der Waals surface area contributed by atoms with Crippen LogP contribution in [0.2, 0.25) is 5.02 Å². The number of hydrogen-bond donors (Lipinski definition) is 2. The van der Waals surface area contributed by atoms with Gasteiger partial charge in [-0.05, 0) is 48.1 Å². The standard InChI is InChI=1S/C18H18ClF3N2O3S/c1-25-14-6-10(7-15(26-2)16(14)27-3)9-23-17(28)24-11-4-5-13(19)12(8-11)18(20,21)22/h4-8H,9H2,1-3H3,(H2,23,24,28). The fourth-order valence-corrected chi connectivity index (χ4v) is 2.83. The van der Waals surface area contributed by atoms with Crippen LogP contribution in [0.1, 0.15) is 11.1 Å². The number of thiocarbonyl (C=S) groups is 1. The summed E-state index contributed by atoms with van der Waals surface area (Å²) in [6.45, 7) is 0.280. The van der Waals surface area contributed by atoms with Crippen molar-refractivity contribution in [3.63, 3.8) is 0 Å². The zero-order valence-electron chi connectivity index (χ0n) is 15.2. The van der Waals surface area contributed by atoms with Crippen LogP contribution in [0.3, 0.4) is 0 Å². The van der Waals surface area contributed by atoms with Gasteiger partial charge in [-0.15, -0.1) is 0 Å². The van der Waals surface area contributed by atoms with E-state index in [1.807, 2.05) is 0 Å². The molecule has 2 N–H and O–H groups in total. The molecule has 0 radical (unpaired) electrons. The van der Waals surface area contributed by atoms with E-state index < -0.39 is 11.7 Å². The highest BCUT2D eigenvalue weighted by molar-refractivity contribution is 7.80. The van der Waals surface area contributed by atoms with Crippen molar-refractivity contribution in [3.05, 3.63) is 46.5 Å². The number of anilines is 1. The van der Waals surface area contributed by atoms with Gasteiger partial charge in [0.15, 0.2) is 16.6 Å². The van der Waals surface area contributed by atoms with Gasteiger partial charge in [-0.2, -0.15) is 13.2 Å². The Morgan fingerprint density at radius 3 is 2.14 bits per heavy atom. The maximum atomic E-state index is 12.9. The summed E-state index contributed by atoms with van der Waals surface area (Å²) in [5.74, 6) is 1.41. The normalized spacial score (nSPS) is 11.0. The zero-order chi connectivity index (χ0) is 20.9. The Hall–Kier alpha value is -2.39. The molecule has 0 atom stereocenters. The highest BCUT2D eigenvalue weighted by Gasteiger charge is 2.33. The molecule has 152 valence electrons. The van der Waals surface area contributed by atoms with Gasteiger partial charge in [-0.25, -0.2) is 0 Å². The van der Waals surface area contributed by atoms with E-state index >= 15 is 0 Å². The van der Waals surface area contributed by atoms with Crippen molar-refractivity contribution >= 4 is 34.6 Å². The number of nitrogens with one attached hydrogen (secondary N) is 2. The van der Waals surface area contributed by atoms with Gasteiger partial charge in [0.1, 0.15) is 0 Å². The molecule has 0 amide bonds. The first-order valence-corrected chi connectivity index (χ1v) is 8.68. The van der Waals surface area contributed by atoms with Crippen LogP contribution in [0, 0.1) is 0 Å². The summed E-state index contributed by atoms with van der Waals surface area (Å²) >= 11 is 10.8. The molecule has 0 saturated carbocycles. The van der Waals surface area contributed by atoms with Crippen molar-refractivity contribution in [2.45, 2.75) is 12.7 Å². The number of alkyl halides is 3. The average Bonchev–Trinajstić information content (AvgIpc) is 2.65. The minimum Gasteiger partial charge on any atom is -0.493 e. The lowest BCUT2D eigenvalue weighted by molar-refractivity contribution is -0.137. The van der Waals surface area contributed by atoms with E-state index in [1.54, 1.807) is 12.1 Å². The third-order valence-corrected chi connectivity index (χ3v) is 4.28. The Labute approximate surface area is 170 Å². The fourth-order valence-electron chi connectivity index (χ4n) is 2.42. The summed E-state index contributed by atoms with van der Waals surface area (Å²) in [6, 6.07) is 6.94. The number of ether oxygens (including phenoxy) is 3. The van der Waals surface area contributed by atoms with Gasteiger partial charge in [0.05, 0.1) is 31.9 Å². The minimum absolute atomic E-state index is 0.143. The maximum Gasteiger partial charge on any atom is 0.417 e. The summed E-state index contributed by atoms with van der Waals surface area (Å²) in [5.41, 5.74) is -0.00329. The monoisotopic (exact) mass is 434 g/mol. The summed E-state index contributed by atoms with van der Waals surface area (Å²) in [7, 11) is 4.50. The largest absolute Gasteiger partial charge is 0.493 e. The molecule has 0 bridgehead atoms. The smallest absolute Gasteiger partial charge is 0.417 e. The Morgan fingerprint density at radius 2 is 1.64 bits per heavy atom. The maximum absolute atomic E-state index is 12.9. The van der Waals surface area contributed by atoms with Gasteiger partial charge >= 0.3 is 6.18 Å². The zero-order valence-corrected chi connectivity index (χ0v) is 16.8. The van der Waals surface area contributed by atoms with Crippen LogP contribution in [0.25, 0.3) is 0 Å². The van der Waals surface area contributed by atoms with Gasteiger partial charge in [-0.3, -0.25) is 0 Å². The number of rotatable bonds is 6. The lowest BCUT2D eigenvalue weighted by Crippen LogP contribution is -2.28. The molecule has 2 rings (SSSR count). The lowest BCUT2D eigenvalue weighted by atomic mass is 10.1. The first-order chi connectivity index (χ1) is 13.2. The first-order valence-electron chi connectivity index (χ1n) is 7.90. The van der Waals surface area contributed by atoms with Crippen molar-refractivity contribution in [3.8, 4) is 17.2 Å². The van der Waals surface area contributed by atoms with Crippen LogP contribution < -0.4 is 24.8 Å². The SMILES string of the molecule is COc1cc(CNC(=S)Nc2ccc(Cl)c(C(F)(F)F)c2)cc(OC)c1OC. The van der Waals surface area contributed by atoms with Gasteiger partial charge in [0.25, 0.3) is 0 Å². The minimum atomic E-state index is -4.56. The molecule has 0 fully saturated rings. The molecular formula is C18H18ClF3N2O3S. The van der Waals surface area contributed by atoms with Crippen LogP contribution in [0.5, 0.6) is 17.2 Å². The second kappa shape index (κ2) is 9.20. The number of benzene rings is 2. The molecule has 0 saturated heterocycles. The van der Waals surface area contributed by atoms with E-state index in [1.165, 1.54) is 27.4 Å². The van der Waals surface area contributed by atoms with Gasteiger partial charge in [0, 0.05) is 12.2 Å². The predicted molar refractivity (Wildman–Crippen MR) is 106 cm³/mol. The summed E-state index contributed by atoms with van der Waals surface area (Å²) in [6.07, 6.45) is -4.56. The molecule has 5 nitrogen and oxygen atoms in total. The number of halogens is 4. The van der Waals surface area contributed by atoms with Crippen molar-refractivity contribution < 1.29 is 27.4 Å². The van der Waals surface area contributed by atoms with Crippen LogP contribution in [-0.4, -0.2) is 26.4 Å². The van der Waals surface area contributed by atoms with E-state index in [2.05, 4.69) is 10.6 Å². The molecule has 0 aliphatic carbocycles. The second-order valence-corrected chi connectivity index (χ2v) is 6.35. The first kappa shape index (κ1) is 21.9. The van der Waals surface area contributed by atoms with E-state index in [4.69, 9.17) is 38.0 Å². The van der Waals surface area contributed by atoms with Crippen LogP contribution in [-0.2, 0) is 12.7 Å². The Bertz CT molecular complexity index is 837. The molecule has 28 heavy (non-hydrogen) atoms. The Balaban J connectivity index is 2.09. The molecule has 0 heterocycles. The van der Waals surface area contributed by atoms with E-state index in [0.29, 0.717) is 17.2 Å². The highest BCUT2D eigenvalue weighted by atomic mass is 35.5. The third kappa shape index (κ3) is 5.32. The summed E-state index contributed by atoms with van der Waals surface area (Å²) in [4.78, 5) is 0. The van der Waals surface area contributed by atoms with Crippen molar-refractivity contribution in [1.29, 1.82) is 0 Å². The van der Waals surface area contributed by atoms with Crippen LogP contribution in [0.15, 0.2) is 30.3 Å². The van der Waals surface area contributed by atoms with Gasteiger partial charge in [-0.1, -0.05) is 11.6 Å². The molecule has 10 heteroatoms. The molecule has 2 aromatic carbocycles. The quantitative estimate of drug-likeness (QED) is 0.632. The van der Waals surface area contributed by atoms with Crippen LogP contribution >= 0.6 is 23.8 Å². The second-order valence-electron chi connectivity index (χ2n) is 5.53. The van der Waals surface area contributed by atoms with Crippen molar-refractivity contribution in [1.82, 2.24) is 5.32 Å². The van der Waals surface area contributed by atoms with Crippen molar-refractivity contribution in [2.24, 2.45) is 0 Å². The lowest BCUT2D eigenvalue weighted by Gasteiger charge is -2.16. The molecule has 0 spiro atoms. The van der Waals surface area contributed by atoms with E-state index in [-0.39, 0.29) is 22.4 Å². The molecule has 2 aromatic rings. The Kier molecular flexibility index (Phi) is 7.20. The highest BCUT2D eigenvalue weighted by Crippen LogP contribution is 2.38. The van der Waals surface area contributed by atoms with E-state index in [0.717, 1.165) is 17.7 Å². The fraction of sp³-hybridized carbons (Fsp3) is 0.278. The number of methoxy groups -OCH3 is 3. The average molecular weight is 435 g/mol. The van der Waals surface area contributed by atoms with Gasteiger partial charge in [0.2, 0.25) is 5.75 Å². The number of hydrogen-bond acceptors (Lipinski definition) is 4. The molecule has 0 aliphatic heterocycles. The van der Waals surface area contributed by atoms with Crippen molar-refractivity contribution in [2.75, 3.05) is 26.6 Å². The summed E-state index contributed by atoms with van der Waals surface area (Å²) in [5, 5.41) is 5.38. The topological polar surface area (TPSA) is 51.8 Å². The molecule has 0 aliphatic rings. The van der Waals surface area contributed by atoms with E-state index in [9.17, 15) is 13.2 Å². The van der Waals surface area contributed by atoms with Crippen LogP contribution in [0.4, 0.5) is 18.9 Å². The molecular weight excluding hydrogens is 417 g/mol. The van der Waals surface area contributed by atoms with Gasteiger partial charge < -0.3 is 24.8 Å². The summed E-state index contributed by atoms with van der Waals surface area (Å²) < 4.78 is 54.6.